The van der Waals surface area contributed by atoms with Gasteiger partial charge in [0.25, 0.3) is 0 Å². The van der Waals surface area contributed by atoms with Gasteiger partial charge in [-0.1, -0.05) is 0 Å². The molecular weight excluding hydrogens is 408 g/mol. The SMILES string of the molecule is CNC12CN(c3c(F)cc4c(=O)c(C(=O)O)cn(C5CC5)c4c3OC)CC(CF)(C1)C2. The number of carbonyl (C=O) groups is 1. The van der Waals surface area contributed by atoms with E-state index in [1.54, 1.807) is 4.57 Å². The zero-order valence-electron chi connectivity index (χ0n) is 17.5. The summed E-state index contributed by atoms with van der Waals surface area (Å²) in [7, 11) is 3.24. The summed E-state index contributed by atoms with van der Waals surface area (Å²) < 4.78 is 36.8. The number of anilines is 1. The van der Waals surface area contributed by atoms with Gasteiger partial charge in [0, 0.05) is 36.3 Å². The van der Waals surface area contributed by atoms with Crippen LogP contribution in [0, 0.1) is 11.2 Å². The molecule has 2 aliphatic carbocycles. The largest absolute Gasteiger partial charge is 0.492 e. The maximum atomic E-state index is 15.5. The van der Waals surface area contributed by atoms with E-state index >= 15 is 4.39 Å². The van der Waals surface area contributed by atoms with Crippen LogP contribution in [0.15, 0.2) is 17.1 Å². The number of piperidine rings is 2. The number of aromatic nitrogens is 1. The Morgan fingerprint density at radius 2 is 2.06 bits per heavy atom. The predicted molar refractivity (Wildman–Crippen MR) is 112 cm³/mol. The number of hydrogen-bond acceptors (Lipinski definition) is 5. The van der Waals surface area contributed by atoms with Gasteiger partial charge in [0.05, 0.1) is 24.7 Å². The molecule has 2 bridgehead atoms. The zero-order chi connectivity index (χ0) is 22.1. The first kappa shape index (κ1) is 20.2. The molecule has 2 aliphatic heterocycles. The normalized spacial score (nSPS) is 27.3. The molecule has 0 spiro atoms. The number of hydrogen-bond donors (Lipinski definition) is 2. The number of halogens is 2. The van der Waals surface area contributed by atoms with Crippen LogP contribution in [0.2, 0.25) is 0 Å². The summed E-state index contributed by atoms with van der Waals surface area (Å²) in [5.74, 6) is -1.83. The third kappa shape index (κ3) is 2.86. The quantitative estimate of drug-likeness (QED) is 0.729. The van der Waals surface area contributed by atoms with Crippen molar-refractivity contribution in [3.8, 4) is 5.75 Å². The molecule has 0 amide bonds. The lowest BCUT2D eigenvalue weighted by Crippen LogP contribution is -2.73. The minimum Gasteiger partial charge on any atom is -0.492 e. The van der Waals surface area contributed by atoms with E-state index in [4.69, 9.17) is 4.74 Å². The topological polar surface area (TPSA) is 83.8 Å². The van der Waals surface area contributed by atoms with Crippen LogP contribution in [-0.2, 0) is 0 Å². The fraction of sp³-hybridized carbons (Fsp3) is 0.545. The Morgan fingerprint density at radius 1 is 1.35 bits per heavy atom. The van der Waals surface area contributed by atoms with Gasteiger partial charge in [-0.3, -0.25) is 9.18 Å². The highest BCUT2D eigenvalue weighted by Gasteiger charge is 2.59. The second-order valence-electron chi connectivity index (χ2n) is 9.33. The number of rotatable bonds is 6. The summed E-state index contributed by atoms with van der Waals surface area (Å²) in [5, 5.41) is 12.7. The van der Waals surface area contributed by atoms with Crippen LogP contribution >= 0.6 is 0 Å². The van der Waals surface area contributed by atoms with Crippen molar-refractivity contribution in [3.63, 3.8) is 0 Å². The molecule has 2 N–H and O–H groups in total. The number of carboxylic acid groups (broad SMARTS) is 1. The first-order valence-corrected chi connectivity index (χ1v) is 10.5. The number of likely N-dealkylation sites (N-methyl/N-ethyl adjacent to an activating group) is 1. The number of nitrogens with one attached hydrogen (secondary N) is 1. The molecule has 2 saturated heterocycles. The maximum Gasteiger partial charge on any atom is 0.341 e. The first-order chi connectivity index (χ1) is 14.8. The molecule has 4 aliphatic rings. The lowest BCUT2D eigenvalue weighted by Gasteiger charge is -2.63. The van der Waals surface area contributed by atoms with E-state index in [2.05, 4.69) is 5.32 Å². The molecule has 0 radical (unpaired) electrons. The lowest BCUT2D eigenvalue weighted by atomic mass is 9.54. The van der Waals surface area contributed by atoms with Gasteiger partial charge in [-0.15, -0.1) is 0 Å². The molecule has 1 aromatic heterocycles. The lowest BCUT2D eigenvalue weighted by molar-refractivity contribution is -0.0332. The van der Waals surface area contributed by atoms with Crippen LogP contribution < -0.4 is 20.4 Å². The summed E-state index contributed by atoms with van der Waals surface area (Å²) in [5.41, 5.74) is -1.36. The van der Waals surface area contributed by atoms with Crippen LogP contribution in [0.1, 0.15) is 42.1 Å². The Morgan fingerprint density at radius 3 is 2.61 bits per heavy atom. The zero-order valence-corrected chi connectivity index (χ0v) is 17.5. The standard InChI is InChI=1S/C22H25F2N3O4/c1-25-22-7-21(8-22,9-23)10-26(11-22)17-15(24)5-13-16(19(17)31-2)27(12-3-4-12)6-14(18(13)28)20(29)30/h5-6,12,25H,3-4,7-11H2,1-2H3,(H,29,30). The Kier molecular flexibility index (Phi) is 4.35. The van der Waals surface area contributed by atoms with Gasteiger partial charge in [-0.25, -0.2) is 9.18 Å². The van der Waals surface area contributed by atoms with Gasteiger partial charge < -0.3 is 24.6 Å². The summed E-state index contributed by atoms with van der Waals surface area (Å²) in [4.78, 5) is 26.2. The van der Waals surface area contributed by atoms with Crippen molar-refractivity contribution in [2.75, 3.05) is 38.8 Å². The average molecular weight is 433 g/mol. The highest BCUT2D eigenvalue weighted by Crippen LogP contribution is 2.55. The maximum absolute atomic E-state index is 15.5. The van der Waals surface area contributed by atoms with Crippen molar-refractivity contribution in [1.29, 1.82) is 0 Å². The molecule has 9 heteroatoms. The van der Waals surface area contributed by atoms with Gasteiger partial charge in [0.15, 0.2) is 11.6 Å². The molecular formula is C22H25F2N3O4. The number of ether oxygens (including phenoxy) is 1. The van der Waals surface area contributed by atoms with Crippen LogP contribution in [0.5, 0.6) is 5.75 Å². The molecule has 1 aromatic carbocycles. The van der Waals surface area contributed by atoms with E-state index in [1.807, 2.05) is 11.9 Å². The van der Waals surface area contributed by atoms with Gasteiger partial charge >= 0.3 is 5.97 Å². The number of benzene rings is 1. The molecule has 2 aromatic rings. The third-order valence-corrected chi connectivity index (χ3v) is 7.15. The van der Waals surface area contributed by atoms with Crippen molar-refractivity contribution >= 4 is 22.6 Å². The van der Waals surface area contributed by atoms with E-state index in [0.717, 1.165) is 18.9 Å². The van der Waals surface area contributed by atoms with Crippen molar-refractivity contribution in [3.05, 3.63) is 33.9 Å². The Hall–Kier alpha value is -2.68. The van der Waals surface area contributed by atoms with Gasteiger partial charge in [-0.05, 0) is 38.8 Å². The van der Waals surface area contributed by atoms with E-state index in [-0.39, 0.29) is 28.4 Å². The van der Waals surface area contributed by atoms with E-state index in [0.29, 0.717) is 31.4 Å². The van der Waals surface area contributed by atoms with E-state index in [1.165, 1.54) is 13.3 Å². The Labute approximate surface area is 177 Å². The number of methoxy groups -OCH3 is 1. The predicted octanol–water partition coefficient (Wildman–Crippen LogP) is 2.71. The number of alkyl halides is 1. The van der Waals surface area contributed by atoms with Crippen molar-refractivity contribution in [1.82, 2.24) is 9.88 Å². The highest BCUT2D eigenvalue weighted by molar-refractivity contribution is 5.97. The summed E-state index contributed by atoms with van der Waals surface area (Å²) >= 11 is 0. The minimum absolute atomic E-state index is 0.0180. The second kappa shape index (κ2) is 6.66. The van der Waals surface area contributed by atoms with Crippen molar-refractivity contribution in [2.24, 2.45) is 5.41 Å². The number of fused-ring (bicyclic) bond motifs is 3. The molecule has 166 valence electrons. The molecule has 3 heterocycles. The van der Waals surface area contributed by atoms with E-state index in [9.17, 15) is 19.1 Å². The first-order valence-electron chi connectivity index (χ1n) is 10.5. The van der Waals surface area contributed by atoms with Crippen molar-refractivity contribution < 1.29 is 23.4 Å². The fourth-order valence-electron chi connectivity index (χ4n) is 5.71. The summed E-state index contributed by atoms with van der Waals surface area (Å²) in [6.07, 6.45) is 4.39. The van der Waals surface area contributed by atoms with Crippen LogP contribution in [-0.4, -0.2) is 55.1 Å². The molecule has 0 unspecified atom stereocenters. The van der Waals surface area contributed by atoms with Crippen LogP contribution in [0.3, 0.4) is 0 Å². The molecule has 31 heavy (non-hydrogen) atoms. The van der Waals surface area contributed by atoms with Crippen LogP contribution in [0.4, 0.5) is 14.5 Å². The number of carboxylic acids is 1. The fourth-order valence-corrected chi connectivity index (χ4v) is 5.71. The van der Waals surface area contributed by atoms with E-state index < -0.39 is 34.9 Å². The molecule has 4 fully saturated rings. The smallest absolute Gasteiger partial charge is 0.341 e. The highest BCUT2D eigenvalue weighted by atomic mass is 19.1. The number of nitrogens with zero attached hydrogens (tertiary/aromatic N) is 2. The molecule has 2 saturated carbocycles. The Bertz CT molecular complexity index is 1130. The summed E-state index contributed by atoms with van der Waals surface area (Å²) in [6, 6.07) is 1.14. The second-order valence-corrected chi connectivity index (χ2v) is 9.33. The third-order valence-electron chi connectivity index (χ3n) is 7.15. The van der Waals surface area contributed by atoms with Gasteiger partial charge in [0.2, 0.25) is 5.43 Å². The van der Waals surface area contributed by atoms with Gasteiger partial charge in [0.1, 0.15) is 11.3 Å². The number of pyridine rings is 1. The van der Waals surface area contributed by atoms with Gasteiger partial charge in [-0.2, -0.15) is 0 Å². The average Bonchev–Trinajstić information content (AvgIpc) is 3.57. The summed E-state index contributed by atoms with van der Waals surface area (Å²) in [6.45, 7) is 0.358. The molecule has 7 nitrogen and oxygen atoms in total. The Balaban J connectivity index is 1.74. The van der Waals surface area contributed by atoms with Crippen LogP contribution in [0.25, 0.3) is 10.9 Å². The molecule has 0 atom stereocenters. The monoisotopic (exact) mass is 433 g/mol. The minimum atomic E-state index is -1.35. The van der Waals surface area contributed by atoms with Crippen molar-refractivity contribution in [2.45, 2.75) is 37.3 Å². The molecule has 6 rings (SSSR count). The number of aromatic carboxylic acids is 1.